The molecule has 0 saturated heterocycles. The van der Waals surface area contributed by atoms with Crippen LogP contribution in [0.2, 0.25) is 0 Å². The molecule has 1 aromatic heterocycles. The van der Waals surface area contributed by atoms with Crippen molar-refractivity contribution in [3.8, 4) is 23.0 Å². The third kappa shape index (κ3) is 13.3. The number of thiazole rings is 1. The summed E-state index contributed by atoms with van der Waals surface area (Å²) in [6.45, 7) is 5.19. The van der Waals surface area contributed by atoms with Gasteiger partial charge in [0, 0.05) is 22.3 Å². The highest BCUT2D eigenvalue weighted by atomic mass is 32.2. The van der Waals surface area contributed by atoms with Crippen LogP contribution in [0.4, 0.5) is 5.13 Å². The topological polar surface area (TPSA) is 143 Å². The second-order valence-electron chi connectivity index (χ2n) is 13.9. The molecule has 4 aromatic carbocycles. The van der Waals surface area contributed by atoms with Crippen molar-refractivity contribution in [2.24, 2.45) is 16.9 Å². The molecule has 0 aliphatic heterocycles. The van der Waals surface area contributed by atoms with E-state index < -0.39 is 17.9 Å². The molecule has 14 heteroatoms. The number of anilines is 1. The minimum atomic E-state index is -0.412. The first-order chi connectivity index (χ1) is 29.4. The van der Waals surface area contributed by atoms with Crippen molar-refractivity contribution in [2.75, 3.05) is 30.5 Å². The van der Waals surface area contributed by atoms with E-state index in [0.717, 1.165) is 52.6 Å². The van der Waals surface area contributed by atoms with Crippen LogP contribution >= 0.6 is 23.1 Å². The zero-order chi connectivity index (χ0) is 41.9. The van der Waals surface area contributed by atoms with Gasteiger partial charge < -0.3 is 23.7 Å². The maximum absolute atomic E-state index is 13.5. The maximum atomic E-state index is 13.5. The largest absolute Gasteiger partial charge is 0.494 e. The van der Waals surface area contributed by atoms with Gasteiger partial charge in [0.05, 0.1) is 48.0 Å². The molecule has 0 spiro atoms. The van der Waals surface area contributed by atoms with Crippen molar-refractivity contribution in [2.45, 2.75) is 56.3 Å². The zero-order valence-electron chi connectivity index (χ0n) is 33.1. The van der Waals surface area contributed by atoms with Crippen molar-refractivity contribution >= 4 is 69.0 Å². The predicted molar refractivity (Wildman–Crippen MR) is 233 cm³/mol. The van der Waals surface area contributed by atoms with E-state index in [9.17, 15) is 19.2 Å². The Balaban J connectivity index is 1.00. The normalized spacial score (nSPS) is 14.9. The first-order valence-electron chi connectivity index (χ1n) is 19.9. The lowest BCUT2D eigenvalue weighted by molar-refractivity contribution is -0.145. The average molecular weight is 850 g/mol. The van der Waals surface area contributed by atoms with Gasteiger partial charge in [0.2, 0.25) is 5.13 Å². The molecule has 1 heterocycles. The number of fused-ring (bicyclic) bond motifs is 1. The number of ether oxygens (including phenoxy) is 5. The van der Waals surface area contributed by atoms with E-state index in [0.29, 0.717) is 74.1 Å². The van der Waals surface area contributed by atoms with Gasteiger partial charge in [-0.15, -0.1) is 11.8 Å². The van der Waals surface area contributed by atoms with E-state index in [-0.39, 0.29) is 23.4 Å². The predicted octanol–water partition coefficient (Wildman–Crippen LogP) is 9.45. The Morgan fingerprint density at radius 3 is 2.18 bits per heavy atom. The van der Waals surface area contributed by atoms with E-state index in [1.165, 1.54) is 11.3 Å². The highest BCUT2D eigenvalue weighted by molar-refractivity contribution is 7.99. The van der Waals surface area contributed by atoms with Crippen LogP contribution in [-0.4, -0.2) is 61.1 Å². The van der Waals surface area contributed by atoms with E-state index in [1.54, 1.807) is 60.4 Å². The molecule has 0 radical (unpaired) electrons. The number of aromatic nitrogens is 1. The van der Waals surface area contributed by atoms with Crippen molar-refractivity contribution in [3.05, 3.63) is 115 Å². The second-order valence-corrected chi connectivity index (χ2v) is 16.1. The summed E-state index contributed by atoms with van der Waals surface area (Å²) in [4.78, 5) is 54.9. The molecule has 12 nitrogen and oxygen atoms in total. The third-order valence-corrected chi connectivity index (χ3v) is 11.7. The van der Waals surface area contributed by atoms with Gasteiger partial charge >= 0.3 is 17.9 Å². The monoisotopic (exact) mass is 849 g/mol. The van der Waals surface area contributed by atoms with Crippen molar-refractivity contribution in [1.82, 2.24) is 4.98 Å². The number of rotatable bonds is 22. The number of carbonyl (C=O) groups excluding carboxylic acids is 4. The number of hydrogen-bond acceptors (Lipinski definition) is 14. The molecule has 5 aromatic rings. The summed E-state index contributed by atoms with van der Waals surface area (Å²) >= 11 is 3.23. The highest BCUT2D eigenvalue weighted by Gasteiger charge is 2.32. The number of hydrazone groups is 1. The molecule has 6 rings (SSSR count). The van der Waals surface area contributed by atoms with Crippen LogP contribution in [0, 0.1) is 11.8 Å². The second kappa shape index (κ2) is 23.0. The van der Waals surface area contributed by atoms with E-state index in [1.807, 2.05) is 47.5 Å². The summed E-state index contributed by atoms with van der Waals surface area (Å²) < 4.78 is 28.6. The Morgan fingerprint density at radius 2 is 1.47 bits per heavy atom. The number of nitrogens with zero attached hydrogens (tertiary/aromatic N) is 3. The fourth-order valence-electron chi connectivity index (χ4n) is 6.46. The number of carbonyl (C=O) groups is 4. The number of esters is 3. The summed E-state index contributed by atoms with van der Waals surface area (Å²) in [6.07, 6.45) is 8.16. The highest BCUT2D eigenvalue weighted by Crippen LogP contribution is 2.34. The van der Waals surface area contributed by atoms with Crippen LogP contribution in [-0.2, 0) is 23.9 Å². The smallest absolute Gasteiger partial charge is 0.330 e. The number of hydrogen-bond donors (Lipinski definition) is 0. The summed E-state index contributed by atoms with van der Waals surface area (Å²) in [7, 11) is 0. The molecular weight excluding hydrogens is 803 g/mol. The molecule has 0 N–H and O–H groups in total. The number of unbranched alkanes of at least 4 members (excludes halogenated alkanes) is 3. The van der Waals surface area contributed by atoms with Gasteiger partial charge in [-0.1, -0.05) is 48.2 Å². The number of para-hydroxylation sites is 1. The SMILES string of the molecule is C=CC(=O)OCCCCCCOc1ccc(OC(=O)C2CCC(C(=O)Oc3ccc(OC=O)cc3/C=N/N(CCSc3ccccc3)c3nc4ccccc4s3)CC2)cc1. The number of thioether (sulfide) groups is 1. The van der Waals surface area contributed by atoms with E-state index in [2.05, 4.69) is 18.7 Å². The minimum Gasteiger partial charge on any atom is -0.494 e. The first kappa shape index (κ1) is 43.6. The van der Waals surface area contributed by atoms with E-state index in [4.69, 9.17) is 33.8 Å². The lowest BCUT2D eigenvalue weighted by atomic mass is 9.82. The van der Waals surface area contributed by atoms with Gasteiger partial charge in [0.25, 0.3) is 6.47 Å². The van der Waals surface area contributed by atoms with Gasteiger partial charge in [-0.2, -0.15) is 5.10 Å². The Morgan fingerprint density at radius 1 is 0.800 bits per heavy atom. The molecule has 1 aliphatic carbocycles. The van der Waals surface area contributed by atoms with Crippen LogP contribution in [0.5, 0.6) is 23.0 Å². The van der Waals surface area contributed by atoms with Crippen LogP contribution < -0.4 is 24.0 Å². The van der Waals surface area contributed by atoms with Crippen LogP contribution in [0.15, 0.2) is 120 Å². The molecule has 312 valence electrons. The molecule has 1 aliphatic rings. The quantitative estimate of drug-likeness (QED) is 0.00957. The van der Waals surface area contributed by atoms with Crippen LogP contribution in [0.3, 0.4) is 0 Å². The summed E-state index contributed by atoms with van der Waals surface area (Å²) in [5, 5.41) is 7.34. The molecule has 60 heavy (non-hydrogen) atoms. The lowest BCUT2D eigenvalue weighted by Gasteiger charge is -2.26. The van der Waals surface area contributed by atoms with Gasteiger partial charge in [-0.3, -0.25) is 14.4 Å². The molecule has 0 amide bonds. The standard InChI is InChI=1S/C46H47N3O9S2/c1-2-43(51)55-28-11-4-3-10-27-54-36-20-22-37(23-21-36)57-44(52)33-16-18-34(19-17-33)45(53)58-41-25-24-38(56-32-50)30-35(41)31-47-49(26-29-59-39-12-6-5-7-13-39)46-48-40-14-8-9-15-42(40)60-46/h2,5-9,12-15,20-25,30-34H,1,3-4,10-11,16-19,26-29H2/b47-31+. The lowest BCUT2D eigenvalue weighted by Crippen LogP contribution is -2.30. The summed E-state index contributed by atoms with van der Waals surface area (Å²) in [5.74, 6) is 0.464. The van der Waals surface area contributed by atoms with E-state index >= 15 is 0 Å². The first-order valence-corrected chi connectivity index (χ1v) is 21.7. The third-order valence-electron chi connectivity index (χ3n) is 9.69. The van der Waals surface area contributed by atoms with Gasteiger partial charge in [-0.05, 0) is 118 Å². The maximum Gasteiger partial charge on any atom is 0.330 e. The van der Waals surface area contributed by atoms with Crippen molar-refractivity contribution < 1.29 is 42.9 Å². The zero-order valence-corrected chi connectivity index (χ0v) is 34.8. The Hall–Kier alpha value is -5.99. The minimum absolute atomic E-state index is 0.266. The molecule has 1 saturated carbocycles. The number of benzene rings is 4. The summed E-state index contributed by atoms with van der Waals surface area (Å²) in [5.41, 5.74) is 1.31. The molecule has 0 bridgehead atoms. The van der Waals surface area contributed by atoms with Crippen LogP contribution in [0.25, 0.3) is 10.2 Å². The fourth-order valence-corrected chi connectivity index (χ4v) is 8.26. The van der Waals surface area contributed by atoms with Gasteiger partial charge in [0.15, 0.2) is 0 Å². The fraction of sp³-hybridized carbons (Fsp3) is 0.304. The molecule has 0 atom stereocenters. The molecule has 0 unspecified atom stereocenters. The molecule has 1 fully saturated rings. The Kier molecular flexibility index (Phi) is 16.7. The Labute approximate surface area is 357 Å². The molecular formula is C46H47N3O9S2. The van der Waals surface area contributed by atoms with Gasteiger partial charge in [0.1, 0.15) is 23.0 Å². The Bertz CT molecular complexity index is 2190. The van der Waals surface area contributed by atoms with Crippen molar-refractivity contribution in [3.63, 3.8) is 0 Å². The summed E-state index contributed by atoms with van der Waals surface area (Å²) in [6, 6.07) is 29.7. The van der Waals surface area contributed by atoms with Gasteiger partial charge in [-0.25, -0.2) is 14.8 Å². The van der Waals surface area contributed by atoms with Crippen LogP contribution in [0.1, 0.15) is 56.9 Å². The van der Waals surface area contributed by atoms with Crippen molar-refractivity contribution in [1.29, 1.82) is 0 Å². The average Bonchev–Trinajstić information content (AvgIpc) is 3.72.